The molecule has 1 aliphatic heterocycles. The number of rotatable bonds is 1. The summed E-state index contributed by atoms with van der Waals surface area (Å²) in [6.45, 7) is 0. The summed E-state index contributed by atoms with van der Waals surface area (Å²) < 4.78 is 23.6. The summed E-state index contributed by atoms with van der Waals surface area (Å²) >= 11 is 1.18. The summed E-state index contributed by atoms with van der Waals surface area (Å²) in [5.74, 6) is 5.08. The average Bonchev–Trinajstić information content (AvgIpc) is 2.51. The molecule has 1 aromatic rings. The van der Waals surface area contributed by atoms with Crippen molar-refractivity contribution in [1.82, 2.24) is 0 Å². The van der Waals surface area contributed by atoms with E-state index < -0.39 is 9.84 Å². The molecular weight excluding hydrogens is 246 g/mol. The lowest BCUT2D eigenvalue weighted by atomic mass is 10.2. The zero-order valence-electron chi connectivity index (χ0n) is 8.33. The minimum absolute atomic E-state index is 0.0488. The van der Waals surface area contributed by atoms with Gasteiger partial charge < -0.3 is 11.6 Å². The molecule has 0 fully saturated rings. The molecule has 0 spiro atoms. The van der Waals surface area contributed by atoms with Gasteiger partial charge in [0.15, 0.2) is 15.0 Å². The first-order valence-electron chi connectivity index (χ1n) is 4.56. The van der Waals surface area contributed by atoms with Gasteiger partial charge in [0.1, 0.15) is 0 Å². The van der Waals surface area contributed by atoms with Crippen LogP contribution in [0.2, 0.25) is 0 Å². The number of hydrogen-bond donors (Lipinski definition) is 2. The molecule has 5 nitrogen and oxygen atoms in total. The molecule has 86 valence electrons. The highest BCUT2D eigenvalue weighted by Crippen LogP contribution is 2.41. The molecule has 0 radical (unpaired) electrons. The molecule has 0 amide bonds. The molecule has 0 bridgehead atoms. The van der Waals surface area contributed by atoms with Crippen LogP contribution in [0.3, 0.4) is 0 Å². The molecular formula is C9H11N3O2S2. The highest BCUT2D eigenvalue weighted by molar-refractivity contribution is 8.14. The third-order valence-electron chi connectivity index (χ3n) is 2.36. The van der Waals surface area contributed by atoms with Crippen LogP contribution in [0.4, 0.5) is 0 Å². The van der Waals surface area contributed by atoms with E-state index in [-0.39, 0.29) is 16.2 Å². The van der Waals surface area contributed by atoms with Gasteiger partial charge in [-0.1, -0.05) is 30.0 Å². The smallest absolute Gasteiger partial charge is 0.180 e. The van der Waals surface area contributed by atoms with Crippen LogP contribution in [0.1, 0.15) is 10.8 Å². The lowest BCUT2D eigenvalue weighted by molar-refractivity contribution is 0.600. The number of nitrogens with two attached hydrogens (primary N) is 2. The second-order valence-electron chi connectivity index (χ2n) is 3.39. The van der Waals surface area contributed by atoms with Crippen LogP contribution in [-0.4, -0.2) is 19.3 Å². The number of hydrogen-bond acceptors (Lipinski definition) is 5. The zero-order chi connectivity index (χ0) is 11.8. The van der Waals surface area contributed by atoms with E-state index in [1.807, 2.05) is 6.07 Å². The van der Waals surface area contributed by atoms with Gasteiger partial charge in [-0.25, -0.2) is 8.42 Å². The van der Waals surface area contributed by atoms with Crippen LogP contribution in [-0.2, 0) is 9.84 Å². The Hall–Kier alpha value is -1.21. The van der Waals surface area contributed by atoms with E-state index >= 15 is 0 Å². The van der Waals surface area contributed by atoms with Crippen molar-refractivity contribution in [2.75, 3.05) is 5.75 Å². The van der Waals surface area contributed by atoms with Gasteiger partial charge in [-0.2, -0.15) is 5.10 Å². The Morgan fingerprint density at radius 1 is 1.44 bits per heavy atom. The third-order valence-corrected chi connectivity index (χ3v) is 5.44. The van der Waals surface area contributed by atoms with E-state index in [4.69, 9.17) is 11.6 Å². The van der Waals surface area contributed by atoms with Crippen molar-refractivity contribution in [3.63, 3.8) is 0 Å². The number of nitrogens with zero attached hydrogens (tertiary/aromatic N) is 1. The van der Waals surface area contributed by atoms with Crippen molar-refractivity contribution in [2.24, 2.45) is 16.7 Å². The summed E-state index contributed by atoms with van der Waals surface area (Å²) in [6.07, 6.45) is 0. The van der Waals surface area contributed by atoms with E-state index in [0.29, 0.717) is 4.90 Å². The molecule has 0 saturated heterocycles. The Bertz CT molecular complexity index is 539. The minimum Gasteiger partial charge on any atom is -0.377 e. The zero-order valence-corrected chi connectivity index (χ0v) is 9.96. The van der Waals surface area contributed by atoms with Crippen molar-refractivity contribution < 1.29 is 8.42 Å². The van der Waals surface area contributed by atoms with Crippen molar-refractivity contribution >= 4 is 26.8 Å². The van der Waals surface area contributed by atoms with Crippen LogP contribution in [0, 0.1) is 0 Å². The van der Waals surface area contributed by atoms with Gasteiger partial charge in [-0.15, -0.1) is 0 Å². The first-order valence-corrected chi connectivity index (χ1v) is 7.09. The Labute approximate surface area is 97.8 Å². The predicted molar refractivity (Wildman–Crippen MR) is 64.6 cm³/mol. The van der Waals surface area contributed by atoms with Crippen LogP contribution >= 0.6 is 11.8 Å². The monoisotopic (exact) mass is 257 g/mol. The number of amidine groups is 1. The molecule has 2 rings (SSSR count). The van der Waals surface area contributed by atoms with Crippen molar-refractivity contribution in [3.05, 3.63) is 29.8 Å². The molecule has 1 atom stereocenters. The van der Waals surface area contributed by atoms with Gasteiger partial charge in [-0.05, 0) is 11.6 Å². The summed E-state index contributed by atoms with van der Waals surface area (Å²) in [5, 5.41) is 3.31. The summed E-state index contributed by atoms with van der Waals surface area (Å²) in [6, 6.07) is 6.93. The quantitative estimate of drug-likeness (QED) is 0.329. The SMILES string of the molecule is NN=C(N)SC1CS(=O)(=O)c2ccccc21. The van der Waals surface area contributed by atoms with Gasteiger partial charge in [0.05, 0.1) is 15.9 Å². The maximum Gasteiger partial charge on any atom is 0.180 e. The molecule has 0 saturated carbocycles. The summed E-state index contributed by atoms with van der Waals surface area (Å²) in [7, 11) is -3.18. The topological polar surface area (TPSA) is 98.5 Å². The molecule has 1 heterocycles. The van der Waals surface area contributed by atoms with Gasteiger partial charge in [-0.3, -0.25) is 0 Å². The Morgan fingerprint density at radius 2 is 2.12 bits per heavy atom. The van der Waals surface area contributed by atoms with E-state index in [1.54, 1.807) is 18.2 Å². The second kappa shape index (κ2) is 3.99. The Morgan fingerprint density at radius 3 is 2.81 bits per heavy atom. The van der Waals surface area contributed by atoms with Crippen molar-refractivity contribution in [3.8, 4) is 0 Å². The van der Waals surface area contributed by atoms with Gasteiger partial charge in [0, 0.05) is 0 Å². The minimum atomic E-state index is -3.18. The number of thioether (sulfide) groups is 1. The summed E-state index contributed by atoms with van der Waals surface area (Å²) in [4.78, 5) is 0.386. The van der Waals surface area contributed by atoms with Gasteiger partial charge in [0.2, 0.25) is 0 Å². The van der Waals surface area contributed by atoms with Gasteiger partial charge in [0.25, 0.3) is 0 Å². The van der Waals surface area contributed by atoms with E-state index in [1.165, 1.54) is 11.8 Å². The molecule has 16 heavy (non-hydrogen) atoms. The highest BCUT2D eigenvalue weighted by atomic mass is 32.2. The number of hydrazone groups is 1. The Kier molecular flexibility index (Phi) is 2.81. The molecule has 1 aromatic carbocycles. The van der Waals surface area contributed by atoms with Crippen LogP contribution < -0.4 is 11.6 Å². The van der Waals surface area contributed by atoms with E-state index in [0.717, 1.165) is 5.56 Å². The second-order valence-corrected chi connectivity index (χ2v) is 6.62. The fourth-order valence-corrected chi connectivity index (χ4v) is 4.86. The van der Waals surface area contributed by atoms with Crippen LogP contribution in [0.15, 0.2) is 34.3 Å². The Balaban J connectivity index is 2.41. The highest BCUT2D eigenvalue weighted by Gasteiger charge is 2.35. The lowest BCUT2D eigenvalue weighted by Crippen LogP contribution is -2.12. The average molecular weight is 257 g/mol. The van der Waals surface area contributed by atoms with Crippen LogP contribution in [0.25, 0.3) is 0 Å². The van der Waals surface area contributed by atoms with Crippen LogP contribution in [0.5, 0.6) is 0 Å². The standard InChI is InChI=1S/C9H11N3O2S2/c10-9(12-11)15-7-5-16(13,14)8-4-2-1-3-6(7)8/h1-4,7H,5,11H2,(H2,10,12). The first-order chi connectivity index (χ1) is 7.54. The molecule has 7 heteroatoms. The number of benzene rings is 1. The van der Waals surface area contributed by atoms with E-state index in [2.05, 4.69) is 5.10 Å². The van der Waals surface area contributed by atoms with E-state index in [9.17, 15) is 8.42 Å². The largest absolute Gasteiger partial charge is 0.377 e. The molecule has 1 aliphatic rings. The molecule has 1 unspecified atom stereocenters. The first kappa shape index (κ1) is 11.3. The fourth-order valence-electron chi connectivity index (χ4n) is 1.68. The van der Waals surface area contributed by atoms with Gasteiger partial charge >= 0.3 is 0 Å². The molecule has 0 aliphatic carbocycles. The lowest BCUT2D eigenvalue weighted by Gasteiger charge is -2.07. The summed E-state index contributed by atoms with van der Waals surface area (Å²) in [5.41, 5.74) is 6.27. The number of fused-ring (bicyclic) bond motifs is 1. The molecule has 4 N–H and O–H groups in total. The third kappa shape index (κ3) is 1.88. The normalized spacial score (nSPS) is 23.0. The van der Waals surface area contributed by atoms with Crippen molar-refractivity contribution in [2.45, 2.75) is 10.1 Å². The number of sulfone groups is 1. The maximum atomic E-state index is 11.8. The molecule has 0 aromatic heterocycles. The fraction of sp³-hybridized carbons (Fsp3) is 0.222. The maximum absolute atomic E-state index is 11.8. The van der Waals surface area contributed by atoms with Crippen molar-refractivity contribution in [1.29, 1.82) is 0 Å². The predicted octanol–water partition coefficient (Wildman–Crippen LogP) is 0.437.